The Balaban J connectivity index is 1.25. The minimum absolute atomic E-state index is 0.152. The van der Waals surface area contributed by atoms with Crippen LogP contribution in [0.3, 0.4) is 0 Å². The number of carbonyl (C=O) groups excluding carboxylic acids is 2. The molecule has 1 N–H and O–H groups in total. The van der Waals surface area contributed by atoms with Gasteiger partial charge in [0.2, 0.25) is 0 Å². The van der Waals surface area contributed by atoms with E-state index in [0.717, 1.165) is 45.4 Å². The number of hydrogen-bond donors (Lipinski definition) is 1. The molecule has 1 aliphatic carbocycles. The minimum atomic E-state index is -0.291. The highest BCUT2D eigenvalue weighted by Gasteiger charge is 2.57. The number of carbonyl (C=O) groups is 2. The van der Waals surface area contributed by atoms with Crippen molar-refractivity contribution in [2.24, 2.45) is 5.41 Å². The van der Waals surface area contributed by atoms with Gasteiger partial charge < -0.3 is 24.6 Å². The molecule has 140 valence electrons. The molecular weight excluding hydrogens is 322 g/mol. The highest BCUT2D eigenvalue weighted by molar-refractivity contribution is 5.71. The summed E-state index contributed by atoms with van der Waals surface area (Å²) in [6, 6.07) is 0.770. The van der Waals surface area contributed by atoms with Gasteiger partial charge in [0.25, 0.3) is 0 Å². The second kappa shape index (κ2) is 6.04. The molecule has 7 heteroatoms. The molecule has 4 fully saturated rings. The zero-order chi connectivity index (χ0) is 17.7. The van der Waals surface area contributed by atoms with E-state index in [1.54, 1.807) is 0 Å². The van der Waals surface area contributed by atoms with Gasteiger partial charge >= 0.3 is 12.2 Å². The first kappa shape index (κ1) is 16.9. The first-order valence-corrected chi connectivity index (χ1v) is 9.64. The predicted octanol–water partition coefficient (Wildman–Crippen LogP) is 1.96. The summed E-state index contributed by atoms with van der Waals surface area (Å²) in [6.45, 7) is 8.07. The summed E-state index contributed by atoms with van der Waals surface area (Å²) in [4.78, 5) is 27.7. The van der Waals surface area contributed by atoms with Crippen molar-refractivity contribution < 1.29 is 19.1 Å². The molecule has 1 atom stereocenters. The molecule has 0 aromatic heterocycles. The van der Waals surface area contributed by atoms with Gasteiger partial charge in [0.1, 0.15) is 5.60 Å². The largest absolute Gasteiger partial charge is 0.450 e. The van der Waals surface area contributed by atoms with E-state index < -0.39 is 0 Å². The van der Waals surface area contributed by atoms with Crippen molar-refractivity contribution in [1.29, 1.82) is 0 Å². The topological polar surface area (TPSA) is 71.1 Å². The molecule has 1 unspecified atom stereocenters. The molecule has 0 bridgehead atoms. The smallest absolute Gasteiger partial charge is 0.409 e. The number of amides is 2. The normalized spacial score (nSPS) is 30.6. The Morgan fingerprint density at radius 1 is 1.28 bits per heavy atom. The van der Waals surface area contributed by atoms with Crippen LogP contribution in [-0.2, 0) is 9.47 Å². The van der Waals surface area contributed by atoms with E-state index in [1.807, 2.05) is 11.8 Å². The summed E-state index contributed by atoms with van der Waals surface area (Å²) in [5, 5.41) is 2.96. The standard InChI is InChI=1S/C18H29N3O4/c1-3-14-18(25-15(22)19-14)5-7-20(8-6-18)13-9-17(10-13)11-21(12-17)16(23)24-4-2/h13-14H,3-12H2,1-2H3,(H,19,22). The molecule has 2 spiro atoms. The van der Waals surface area contributed by atoms with Crippen LogP contribution in [0.4, 0.5) is 9.59 Å². The van der Waals surface area contributed by atoms with Crippen LogP contribution in [0.5, 0.6) is 0 Å². The molecule has 2 amide bonds. The van der Waals surface area contributed by atoms with E-state index >= 15 is 0 Å². The van der Waals surface area contributed by atoms with E-state index in [1.165, 1.54) is 12.8 Å². The van der Waals surface area contributed by atoms with Crippen molar-refractivity contribution in [2.45, 2.75) is 63.6 Å². The molecule has 7 nitrogen and oxygen atoms in total. The van der Waals surface area contributed by atoms with E-state index in [2.05, 4.69) is 17.1 Å². The zero-order valence-corrected chi connectivity index (χ0v) is 15.3. The Kier molecular flexibility index (Phi) is 4.09. The van der Waals surface area contributed by atoms with Gasteiger partial charge in [0, 0.05) is 50.5 Å². The lowest BCUT2D eigenvalue weighted by atomic mass is 9.60. The van der Waals surface area contributed by atoms with Crippen molar-refractivity contribution in [1.82, 2.24) is 15.1 Å². The highest BCUT2D eigenvalue weighted by atomic mass is 16.6. The molecule has 25 heavy (non-hydrogen) atoms. The third-order valence-corrected chi connectivity index (χ3v) is 6.71. The van der Waals surface area contributed by atoms with Crippen LogP contribution < -0.4 is 5.32 Å². The Morgan fingerprint density at radius 2 is 1.96 bits per heavy atom. The van der Waals surface area contributed by atoms with Crippen LogP contribution >= 0.6 is 0 Å². The molecule has 3 saturated heterocycles. The van der Waals surface area contributed by atoms with Gasteiger partial charge in [-0.15, -0.1) is 0 Å². The SMILES string of the molecule is CCOC(=O)N1CC2(CC(N3CCC4(CC3)OC(=O)NC4CC)C2)C1. The summed E-state index contributed by atoms with van der Waals surface area (Å²) in [7, 11) is 0. The van der Waals surface area contributed by atoms with Crippen molar-refractivity contribution in [3.63, 3.8) is 0 Å². The fourth-order valence-electron chi connectivity index (χ4n) is 5.31. The maximum Gasteiger partial charge on any atom is 0.409 e. The first-order chi connectivity index (χ1) is 12.0. The number of rotatable bonds is 3. The van der Waals surface area contributed by atoms with Crippen LogP contribution in [0.1, 0.15) is 46.0 Å². The average molecular weight is 351 g/mol. The van der Waals surface area contributed by atoms with Crippen LogP contribution in [0.25, 0.3) is 0 Å². The number of nitrogens with zero attached hydrogens (tertiary/aromatic N) is 2. The van der Waals surface area contributed by atoms with Gasteiger partial charge in [-0.25, -0.2) is 9.59 Å². The quantitative estimate of drug-likeness (QED) is 0.842. The monoisotopic (exact) mass is 351 g/mol. The maximum atomic E-state index is 11.7. The number of likely N-dealkylation sites (tertiary alicyclic amines) is 2. The average Bonchev–Trinajstić information content (AvgIpc) is 2.82. The number of ether oxygens (including phenoxy) is 2. The Bertz CT molecular complexity index is 545. The van der Waals surface area contributed by atoms with Gasteiger partial charge in [-0.05, 0) is 26.2 Å². The third-order valence-electron chi connectivity index (χ3n) is 6.71. The van der Waals surface area contributed by atoms with Gasteiger partial charge in [-0.2, -0.15) is 0 Å². The molecular formula is C18H29N3O4. The Morgan fingerprint density at radius 3 is 2.56 bits per heavy atom. The molecule has 4 aliphatic rings. The summed E-state index contributed by atoms with van der Waals surface area (Å²) < 4.78 is 10.7. The van der Waals surface area contributed by atoms with Crippen LogP contribution in [0, 0.1) is 5.41 Å². The first-order valence-electron chi connectivity index (χ1n) is 9.64. The van der Waals surface area contributed by atoms with Crippen molar-refractivity contribution in [3.05, 3.63) is 0 Å². The second-order valence-electron chi connectivity index (χ2n) is 8.21. The molecule has 4 rings (SSSR count). The Hall–Kier alpha value is -1.50. The summed E-state index contributed by atoms with van der Waals surface area (Å²) in [5.41, 5.74) is 0.0425. The summed E-state index contributed by atoms with van der Waals surface area (Å²) >= 11 is 0. The lowest BCUT2D eigenvalue weighted by molar-refractivity contribution is -0.116. The summed E-state index contributed by atoms with van der Waals surface area (Å²) in [5.74, 6) is 0. The number of hydrogen-bond acceptors (Lipinski definition) is 5. The van der Waals surface area contributed by atoms with E-state index in [9.17, 15) is 9.59 Å². The van der Waals surface area contributed by atoms with Crippen molar-refractivity contribution in [2.75, 3.05) is 32.8 Å². The fourth-order valence-corrected chi connectivity index (χ4v) is 5.31. The van der Waals surface area contributed by atoms with Crippen molar-refractivity contribution in [3.8, 4) is 0 Å². The number of alkyl carbamates (subject to hydrolysis) is 1. The van der Waals surface area contributed by atoms with Gasteiger partial charge in [-0.1, -0.05) is 6.92 Å². The molecule has 0 aromatic carbocycles. The molecule has 0 radical (unpaired) electrons. The molecule has 3 aliphatic heterocycles. The zero-order valence-electron chi connectivity index (χ0n) is 15.3. The van der Waals surface area contributed by atoms with Crippen LogP contribution in [0.2, 0.25) is 0 Å². The molecule has 3 heterocycles. The van der Waals surface area contributed by atoms with Gasteiger partial charge in [-0.3, -0.25) is 0 Å². The molecule has 1 saturated carbocycles. The second-order valence-corrected chi connectivity index (χ2v) is 8.21. The van der Waals surface area contributed by atoms with Gasteiger partial charge in [0.15, 0.2) is 0 Å². The Labute approximate surface area is 149 Å². The van der Waals surface area contributed by atoms with Crippen molar-refractivity contribution >= 4 is 12.2 Å². The summed E-state index contributed by atoms with van der Waals surface area (Å²) in [6.07, 6.45) is 4.68. The number of nitrogens with one attached hydrogen (secondary N) is 1. The van der Waals surface area contributed by atoms with E-state index in [-0.39, 0.29) is 23.8 Å². The highest BCUT2D eigenvalue weighted by Crippen LogP contribution is 2.51. The predicted molar refractivity (Wildman–Crippen MR) is 91.3 cm³/mol. The third kappa shape index (κ3) is 2.76. The molecule has 0 aromatic rings. The van der Waals surface area contributed by atoms with Gasteiger partial charge in [0.05, 0.1) is 12.6 Å². The van der Waals surface area contributed by atoms with Crippen LogP contribution in [0.15, 0.2) is 0 Å². The van der Waals surface area contributed by atoms with E-state index in [0.29, 0.717) is 18.1 Å². The number of piperidine rings is 1. The minimum Gasteiger partial charge on any atom is -0.450 e. The fraction of sp³-hybridized carbons (Fsp3) is 0.889. The maximum absolute atomic E-state index is 11.7. The lowest BCUT2D eigenvalue weighted by Gasteiger charge is -2.61. The van der Waals surface area contributed by atoms with Crippen LogP contribution in [-0.4, -0.2) is 72.5 Å². The van der Waals surface area contributed by atoms with E-state index in [4.69, 9.17) is 9.47 Å². The lowest BCUT2D eigenvalue weighted by Crippen LogP contribution is -2.68.